The van der Waals surface area contributed by atoms with Gasteiger partial charge in [0.1, 0.15) is 0 Å². The fraction of sp³-hybridized carbons (Fsp3) is 0.667. The quantitative estimate of drug-likeness (QED) is 0.727. The molecule has 1 aliphatic heterocycles. The molecule has 0 radical (unpaired) electrons. The molecule has 2 N–H and O–H groups in total. The van der Waals surface area contributed by atoms with Gasteiger partial charge in [0.2, 0.25) is 0 Å². The van der Waals surface area contributed by atoms with Crippen molar-refractivity contribution in [1.82, 2.24) is 9.88 Å². The van der Waals surface area contributed by atoms with Crippen LogP contribution in [-0.4, -0.2) is 36.1 Å². The van der Waals surface area contributed by atoms with E-state index < -0.39 is 0 Å². The molecule has 2 heterocycles. The fourth-order valence-corrected chi connectivity index (χ4v) is 2.73. The summed E-state index contributed by atoms with van der Waals surface area (Å²) in [7, 11) is 2.13. The molecule has 1 aliphatic rings. The first-order chi connectivity index (χ1) is 6.25. The molecule has 0 aliphatic carbocycles. The first-order valence-corrected chi connectivity index (χ1v) is 5.46. The average Bonchev–Trinajstić information content (AvgIpc) is 2.53. The number of likely N-dealkylation sites (N-methyl/N-ethyl adjacent to an activating group) is 1. The molecule has 3 nitrogen and oxygen atoms in total. The second-order valence-electron chi connectivity index (χ2n) is 3.82. The van der Waals surface area contributed by atoms with Crippen LogP contribution in [0.5, 0.6) is 0 Å². The molecule has 0 bridgehead atoms. The van der Waals surface area contributed by atoms with E-state index in [1.807, 2.05) is 11.7 Å². The summed E-state index contributed by atoms with van der Waals surface area (Å²) in [6, 6.07) is 0.325. The maximum Gasteiger partial charge on any atom is 0.0794 e. The zero-order valence-corrected chi connectivity index (χ0v) is 8.63. The minimum Gasteiger partial charge on any atom is -0.327 e. The summed E-state index contributed by atoms with van der Waals surface area (Å²) >= 11 is 1.74. The number of likely N-dealkylation sites (tertiary alicyclic amines) is 1. The number of nitrogens with two attached hydrogens (primary N) is 1. The third-order valence-corrected chi connectivity index (χ3v) is 3.46. The van der Waals surface area contributed by atoms with Crippen LogP contribution in [-0.2, 0) is 0 Å². The smallest absolute Gasteiger partial charge is 0.0794 e. The van der Waals surface area contributed by atoms with Gasteiger partial charge in [-0.15, -0.1) is 11.3 Å². The van der Waals surface area contributed by atoms with Gasteiger partial charge in [0.25, 0.3) is 0 Å². The van der Waals surface area contributed by atoms with Crippen molar-refractivity contribution in [2.45, 2.75) is 18.4 Å². The van der Waals surface area contributed by atoms with E-state index in [4.69, 9.17) is 5.73 Å². The Balaban J connectivity index is 2.07. The van der Waals surface area contributed by atoms with Crippen molar-refractivity contribution in [2.24, 2.45) is 5.73 Å². The third kappa shape index (κ3) is 2.07. The van der Waals surface area contributed by atoms with Gasteiger partial charge < -0.3 is 10.6 Å². The monoisotopic (exact) mass is 197 g/mol. The van der Waals surface area contributed by atoms with Gasteiger partial charge in [-0.05, 0) is 13.5 Å². The lowest BCUT2D eigenvalue weighted by atomic mass is 9.94. The molecule has 1 fully saturated rings. The molecule has 0 saturated carbocycles. The minimum atomic E-state index is 0.325. The predicted octanol–water partition coefficient (Wildman–Crippen LogP) is 0.890. The molecular weight excluding hydrogens is 182 g/mol. The summed E-state index contributed by atoms with van der Waals surface area (Å²) in [6.45, 7) is 2.14. The van der Waals surface area contributed by atoms with Crippen LogP contribution in [0.3, 0.4) is 0 Å². The Kier molecular flexibility index (Phi) is 2.62. The Morgan fingerprint density at radius 2 is 2.46 bits per heavy atom. The van der Waals surface area contributed by atoms with Crippen molar-refractivity contribution >= 4 is 11.3 Å². The van der Waals surface area contributed by atoms with Crippen LogP contribution in [0, 0.1) is 0 Å². The van der Waals surface area contributed by atoms with Crippen molar-refractivity contribution in [2.75, 3.05) is 20.1 Å². The van der Waals surface area contributed by atoms with Gasteiger partial charge in [-0.25, -0.2) is 0 Å². The van der Waals surface area contributed by atoms with Crippen molar-refractivity contribution in [3.8, 4) is 0 Å². The Hall–Kier alpha value is -0.450. The first kappa shape index (κ1) is 9.12. The fourth-order valence-electron chi connectivity index (χ4n) is 2.00. The molecule has 2 atom stereocenters. The number of hydrogen-bond donors (Lipinski definition) is 1. The molecular formula is C9H15N3S. The number of hydrogen-bond acceptors (Lipinski definition) is 4. The van der Waals surface area contributed by atoms with Crippen LogP contribution in [0.15, 0.2) is 11.7 Å². The molecule has 1 saturated heterocycles. The normalized spacial score (nSPS) is 30.6. The van der Waals surface area contributed by atoms with Gasteiger partial charge in [0.15, 0.2) is 0 Å². The topological polar surface area (TPSA) is 42.1 Å². The Morgan fingerprint density at radius 1 is 1.62 bits per heavy atom. The van der Waals surface area contributed by atoms with Crippen LogP contribution < -0.4 is 5.73 Å². The Bertz CT molecular complexity index is 250. The van der Waals surface area contributed by atoms with Gasteiger partial charge in [-0.2, -0.15) is 0 Å². The molecule has 0 spiro atoms. The van der Waals surface area contributed by atoms with Crippen LogP contribution in [0.2, 0.25) is 0 Å². The molecule has 2 rings (SSSR count). The van der Waals surface area contributed by atoms with E-state index in [0.717, 1.165) is 19.5 Å². The Morgan fingerprint density at radius 3 is 3.08 bits per heavy atom. The van der Waals surface area contributed by atoms with E-state index in [0.29, 0.717) is 12.0 Å². The van der Waals surface area contributed by atoms with Crippen LogP contribution in [0.25, 0.3) is 0 Å². The SMILES string of the molecule is CN1CC(N)CC(c2cncs2)C1. The summed E-state index contributed by atoms with van der Waals surface area (Å²) in [5.41, 5.74) is 7.86. The summed E-state index contributed by atoms with van der Waals surface area (Å²) in [5.74, 6) is 0.598. The highest BCUT2D eigenvalue weighted by molar-refractivity contribution is 7.09. The number of thiazole rings is 1. The zero-order chi connectivity index (χ0) is 9.26. The standard InChI is InChI=1S/C9H15N3S/c1-12-4-7(2-8(10)5-12)9-3-11-6-13-9/h3,6-8H,2,4-5,10H2,1H3. The van der Waals surface area contributed by atoms with E-state index in [9.17, 15) is 0 Å². The van der Waals surface area contributed by atoms with Gasteiger partial charge >= 0.3 is 0 Å². The summed E-state index contributed by atoms with van der Waals surface area (Å²) < 4.78 is 0. The predicted molar refractivity (Wildman–Crippen MR) is 54.9 cm³/mol. The first-order valence-electron chi connectivity index (χ1n) is 4.58. The molecule has 0 aromatic carbocycles. The molecule has 0 amide bonds. The highest BCUT2D eigenvalue weighted by atomic mass is 32.1. The van der Waals surface area contributed by atoms with Crippen LogP contribution >= 0.6 is 11.3 Å². The van der Waals surface area contributed by atoms with Gasteiger partial charge in [-0.3, -0.25) is 4.98 Å². The van der Waals surface area contributed by atoms with E-state index in [1.54, 1.807) is 11.3 Å². The minimum absolute atomic E-state index is 0.325. The molecule has 4 heteroatoms. The molecule has 72 valence electrons. The van der Waals surface area contributed by atoms with Gasteiger partial charge in [0, 0.05) is 36.1 Å². The summed E-state index contributed by atoms with van der Waals surface area (Å²) in [4.78, 5) is 7.79. The third-order valence-electron chi connectivity index (χ3n) is 2.52. The summed E-state index contributed by atoms with van der Waals surface area (Å²) in [5, 5.41) is 0. The second-order valence-corrected chi connectivity index (χ2v) is 4.74. The highest BCUT2D eigenvalue weighted by Gasteiger charge is 2.24. The van der Waals surface area contributed by atoms with Crippen LogP contribution in [0.1, 0.15) is 17.2 Å². The van der Waals surface area contributed by atoms with E-state index in [1.165, 1.54) is 4.88 Å². The lowest BCUT2D eigenvalue weighted by Crippen LogP contribution is -2.43. The van der Waals surface area contributed by atoms with Crippen molar-refractivity contribution in [3.05, 3.63) is 16.6 Å². The van der Waals surface area contributed by atoms with Crippen molar-refractivity contribution in [1.29, 1.82) is 0 Å². The van der Waals surface area contributed by atoms with Crippen molar-refractivity contribution < 1.29 is 0 Å². The lowest BCUT2D eigenvalue weighted by Gasteiger charge is -2.33. The van der Waals surface area contributed by atoms with Gasteiger partial charge in [0.05, 0.1) is 5.51 Å². The largest absolute Gasteiger partial charge is 0.327 e. The molecule has 1 aromatic rings. The second kappa shape index (κ2) is 3.74. The molecule has 2 unspecified atom stereocenters. The summed E-state index contributed by atoms with van der Waals surface area (Å²) in [6.07, 6.45) is 3.08. The maximum absolute atomic E-state index is 5.96. The van der Waals surface area contributed by atoms with E-state index in [2.05, 4.69) is 16.9 Å². The highest BCUT2D eigenvalue weighted by Crippen LogP contribution is 2.27. The number of piperidine rings is 1. The van der Waals surface area contributed by atoms with Crippen molar-refractivity contribution in [3.63, 3.8) is 0 Å². The number of nitrogens with zero attached hydrogens (tertiary/aromatic N) is 2. The average molecular weight is 197 g/mol. The molecule has 1 aromatic heterocycles. The van der Waals surface area contributed by atoms with E-state index in [-0.39, 0.29) is 0 Å². The Labute approximate surface area is 82.6 Å². The molecule has 13 heavy (non-hydrogen) atoms. The zero-order valence-electron chi connectivity index (χ0n) is 7.81. The van der Waals surface area contributed by atoms with Gasteiger partial charge in [-0.1, -0.05) is 0 Å². The lowest BCUT2D eigenvalue weighted by molar-refractivity contribution is 0.228. The number of aromatic nitrogens is 1. The maximum atomic E-state index is 5.96. The number of rotatable bonds is 1. The van der Waals surface area contributed by atoms with Crippen LogP contribution in [0.4, 0.5) is 0 Å². The van der Waals surface area contributed by atoms with E-state index >= 15 is 0 Å².